The number of carboxylic acid groups (broad SMARTS) is 1. The summed E-state index contributed by atoms with van der Waals surface area (Å²) in [5.41, 5.74) is 6.00. The van der Waals surface area contributed by atoms with Gasteiger partial charge in [-0.15, -0.1) is 0 Å². The number of carbonyl (C=O) groups excluding carboxylic acids is 3. The van der Waals surface area contributed by atoms with Gasteiger partial charge in [-0.1, -0.05) is 35.4 Å². The Labute approximate surface area is 222 Å². The quantitative estimate of drug-likeness (QED) is 0.0982. The summed E-state index contributed by atoms with van der Waals surface area (Å²) in [4.78, 5) is 50.0. The van der Waals surface area contributed by atoms with E-state index in [1.54, 1.807) is 31.2 Å². The molecule has 0 aliphatic carbocycles. The van der Waals surface area contributed by atoms with E-state index < -0.39 is 36.0 Å². The molecule has 0 bridgehead atoms. The molecule has 1 unspecified atom stereocenters. The molecular formula is C25H30F3N5O6. The summed E-state index contributed by atoms with van der Waals surface area (Å²) in [6.07, 6.45) is -3.80. The lowest BCUT2D eigenvalue weighted by atomic mass is 9.99. The number of nitrogens with zero attached hydrogens (tertiary/aromatic N) is 1. The van der Waals surface area contributed by atoms with Gasteiger partial charge in [0.2, 0.25) is 5.91 Å². The topological polar surface area (TPSA) is 172 Å². The van der Waals surface area contributed by atoms with E-state index >= 15 is 0 Å². The van der Waals surface area contributed by atoms with Crippen molar-refractivity contribution < 1.29 is 42.2 Å². The highest BCUT2D eigenvalue weighted by Gasteiger charge is 2.38. The van der Waals surface area contributed by atoms with Crippen LogP contribution in [0, 0.1) is 13.8 Å². The largest absolute Gasteiger partial charge is 0.490 e. The van der Waals surface area contributed by atoms with Crippen LogP contribution in [0.1, 0.15) is 46.4 Å². The zero-order chi connectivity index (χ0) is 29.6. The minimum atomic E-state index is -5.08. The fraction of sp³-hybridized carbons (Fsp3) is 0.320. The lowest BCUT2D eigenvalue weighted by molar-refractivity contribution is -0.192. The third kappa shape index (κ3) is 12.6. The molecule has 1 atom stereocenters. The Kier molecular flexibility index (Phi) is 13.1. The maximum absolute atomic E-state index is 12.6. The van der Waals surface area contributed by atoms with Crippen molar-refractivity contribution in [1.82, 2.24) is 16.1 Å². The average Bonchev–Trinajstić information content (AvgIpc) is 2.85. The Morgan fingerprint density at radius 3 is 2.26 bits per heavy atom. The van der Waals surface area contributed by atoms with Crippen LogP contribution in [0.5, 0.6) is 0 Å². The van der Waals surface area contributed by atoms with Crippen LogP contribution in [-0.4, -0.2) is 54.5 Å². The molecule has 11 nitrogen and oxygen atoms in total. The fourth-order valence-electron chi connectivity index (χ4n) is 3.20. The average molecular weight is 554 g/mol. The van der Waals surface area contributed by atoms with Crippen molar-refractivity contribution in [2.45, 2.75) is 39.4 Å². The first-order chi connectivity index (χ1) is 18.3. The number of aryl methyl sites for hydroxylation is 2. The van der Waals surface area contributed by atoms with E-state index in [0.29, 0.717) is 11.3 Å². The second kappa shape index (κ2) is 15.7. The third-order valence-corrected chi connectivity index (χ3v) is 4.71. The lowest BCUT2D eigenvalue weighted by Gasteiger charge is -2.20. The summed E-state index contributed by atoms with van der Waals surface area (Å²) < 4.78 is 36.8. The highest BCUT2D eigenvalue weighted by atomic mass is 19.4. The van der Waals surface area contributed by atoms with Gasteiger partial charge in [-0.2, -0.15) is 13.2 Å². The highest BCUT2D eigenvalue weighted by molar-refractivity contribution is 5.97. The van der Waals surface area contributed by atoms with Crippen LogP contribution < -0.4 is 21.9 Å². The summed E-state index contributed by atoms with van der Waals surface area (Å²) >= 11 is 0. The second-order valence-electron chi connectivity index (χ2n) is 8.01. The number of benzene rings is 2. The van der Waals surface area contributed by atoms with Crippen LogP contribution in [0.25, 0.3) is 0 Å². The van der Waals surface area contributed by atoms with Gasteiger partial charge in [0, 0.05) is 5.56 Å². The molecular weight excluding hydrogens is 523 g/mol. The van der Waals surface area contributed by atoms with Crippen molar-refractivity contribution in [2.24, 2.45) is 10.8 Å². The van der Waals surface area contributed by atoms with Gasteiger partial charge >= 0.3 is 18.1 Å². The number of aliphatic imine (C=N–C) groups is 1. The Balaban J connectivity index is 0.000000956. The highest BCUT2D eigenvalue weighted by Crippen LogP contribution is 2.21. The standard InChI is InChI=1S/C23H29N5O4.C2HF3O2/c1-4-32-22(30)12-20(18-9-15(2)8-16(3)10-18)28-21(29)13-25-23(31)17-6-5-7-19(11-17)26-14-27-24;3-2(4,5)1(6)7/h5-11,14,20H,4,12-13,24H2,1-3H3,(H,25,31)(H,26,27)(H,28,29);(H,6,7). The summed E-state index contributed by atoms with van der Waals surface area (Å²) in [5.74, 6) is 1.13. The van der Waals surface area contributed by atoms with Gasteiger partial charge in [0.05, 0.1) is 31.3 Å². The van der Waals surface area contributed by atoms with E-state index in [-0.39, 0.29) is 19.6 Å². The molecule has 0 fully saturated rings. The first-order valence-corrected chi connectivity index (χ1v) is 11.5. The monoisotopic (exact) mass is 553 g/mol. The number of carboxylic acids is 1. The third-order valence-electron chi connectivity index (χ3n) is 4.71. The fourth-order valence-corrected chi connectivity index (χ4v) is 3.20. The van der Waals surface area contributed by atoms with Gasteiger partial charge in [0.15, 0.2) is 0 Å². The molecule has 0 aliphatic heterocycles. The van der Waals surface area contributed by atoms with Crippen LogP contribution in [-0.2, 0) is 19.1 Å². The number of hydrogen-bond acceptors (Lipinski definition) is 7. The Hall–Kier alpha value is -4.46. The van der Waals surface area contributed by atoms with E-state index in [9.17, 15) is 27.6 Å². The van der Waals surface area contributed by atoms with Gasteiger partial charge < -0.3 is 25.9 Å². The molecule has 212 valence electrons. The maximum atomic E-state index is 12.6. The van der Waals surface area contributed by atoms with Crippen molar-refractivity contribution in [3.05, 3.63) is 64.7 Å². The number of nitrogens with one attached hydrogen (secondary N) is 3. The lowest BCUT2D eigenvalue weighted by Crippen LogP contribution is -2.39. The summed E-state index contributed by atoms with van der Waals surface area (Å²) in [6.45, 7) is 5.63. The van der Waals surface area contributed by atoms with Gasteiger partial charge in [0.25, 0.3) is 5.91 Å². The molecule has 0 aromatic heterocycles. The number of halogens is 3. The van der Waals surface area contributed by atoms with Crippen molar-refractivity contribution >= 4 is 35.8 Å². The Morgan fingerprint density at radius 1 is 1.10 bits per heavy atom. The number of hydrazine groups is 1. The first kappa shape index (κ1) is 32.6. The number of alkyl halides is 3. The summed E-state index contributed by atoms with van der Waals surface area (Å²) in [7, 11) is 0. The number of ether oxygens (including phenoxy) is 1. The van der Waals surface area contributed by atoms with Crippen LogP contribution >= 0.6 is 0 Å². The Morgan fingerprint density at radius 2 is 1.72 bits per heavy atom. The predicted octanol–water partition coefficient (Wildman–Crippen LogP) is 2.60. The van der Waals surface area contributed by atoms with Gasteiger partial charge in [-0.05, 0) is 44.5 Å². The normalized spacial score (nSPS) is 11.6. The van der Waals surface area contributed by atoms with E-state index in [1.165, 1.54) is 6.34 Å². The number of nitrogens with two attached hydrogens (primary N) is 1. The number of aliphatic carboxylic acids is 1. The minimum Gasteiger partial charge on any atom is -0.475 e. The molecule has 2 aromatic carbocycles. The van der Waals surface area contributed by atoms with E-state index in [2.05, 4.69) is 21.1 Å². The molecule has 0 aliphatic rings. The van der Waals surface area contributed by atoms with Crippen molar-refractivity contribution in [3.8, 4) is 0 Å². The van der Waals surface area contributed by atoms with Crippen LogP contribution in [0.3, 0.4) is 0 Å². The molecule has 0 heterocycles. The van der Waals surface area contributed by atoms with Gasteiger partial charge in [-0.3, -0.25) is 14.4 Å². The van der Waals surface area contributed by atoms with Crippen molar-refractivity contribution in [1.29, 1.82) is 0 Å². The second-order valence-corrected chi connectivity index (χ2v) is 8.01. The summed E-state index contributed by atoms with van der Waals surface area (Å²) in [5, 5.41) is 12.5. The zero-order valence-corrected chi connectivity index (χ0v) is 21.5. The first-order valence-electron chi connectivity index (χ1n) is 11.5. The van der Waals surface area contributed by atoms with E-state index in [0.717, 1.165) is 16.7 Å². The van der Waals surface area contributed by atoms with E-state index in [4.69, 9.17) is 20.5 Å². The molecule has 0 saturated heterocycles. The zero-order valence-electron chi connectivity index (χ0n) is 21.5. The van der Waals surface area contributed by atoms with E-state index in [1.807, 2.05) is 32.0 Å². The number of carbonyl (C=O) groups is 4. The molecule has 0 saturated carbocycles. The summed E-state index contributed by atoms with van der Waals surface area (Å²) in [6, 6.07) is 11.8. The van der Waals surface area contributed by atoms with Crippen LogP contribution in [0.2, 0.25) is 0 Å². The number of esters is 1. The molecule has 39 heavy (non-hydrogen) atoms. The molecule has 14 heteroatoms. The molecule has 2 amide bonds. The predicted molar refractivity (Wildman–Crippen MR) is 136 cm³/mol. The van der Waals surface area contributed by atoms with Crippen LogP contribution in [0.4, 0.5) is 18.9 Å². The van der Waals surface area contributed by atoms with Gasteiger partial charge in [0.1, 0.15) is 6.34 Å². The number of rotatable bonds is 10. The van der Waals surface area contributed by atoms with Crippen molar-refractivity contribution in [2.75, 3.05) is 13.2 Å². The number of amides is 2. The Bertz CT molecular complexity index is 1170. The molecule has 2 aromatic rings. The van der Waals surface area contributed by atoms with Crippen molar-refractivity contribution in [3.63, 3.8) is 0 Å². The van der Waals surface area contributed by atoms with Gasteiger partial charge in [-0.25, -0.2) is 15.6 Å². The number of hydrogen-bond donors (Lipinski definition) is 5. The maximum Gasteiger partial charge on any atom is 0.490 e. The van der Waals surface area contributed by atoms with Crippen LogP contribution in [0.15, 0.2) is 47.5 Å². The molecule has 0 radical (unpaired) electrons. The minimum absolute atomic E-state index is 0.00829. The SMILES string of the molecule is CCOC(=O)CC(NC(=O)CNC(=O)c1cccc(N=CNN)c1)c1cc(C)cc(C)c1.O=C(O)C(F)(F)F. The smallest absolute Gasteiger partial charge is 0.475 e. The molecule has 2 rings (SSSR count). The molecule has 6 N–H and O–H groups in total. The molecule has 0 spiro atoms.